The fourth-order valence-corrected chi connectivity index (χ4v) is 0.927. The number of hydrogen-bond donors (Lipinski definition) is 2. The van der Waals surface area contributed by atoms with Crippen molar-refractivity contribution in [3.8, 4) is 0 Å². The molecule has 0 spiro atoms. The average Bonchev–Trinajstić information content (AvgIpc) is 2.34. The molecule has 0 saturated heterocycles. The van der Waals surface area contributed by atoms with Gasteiger partial charge in [0.1, 0.15) is 6.54 Å². The van der Waals surface area contributed by atoms with Crippen LogP contribution in [-0.4, -0.2) is 16.0 Å². The Bertz CT molecular complexity index is 267. The third-order valence-corrected chi connectivity index (χ3v) is 1.42. The molecule has 0 unspecified atom stereocenters. The van der Waals surface area contributed by atoms with Crippen LogP contribution in [0.3, 0.4) is 0 Å². The Morgan fingerprint density at radius 2 is 2.23 bits per heavy atom. The standard InChI is InChI=1S/C6H9F3N4/c7-6(8,9)4-13-5(3-11-10)1-2-12-13/h1-2,11H,3-4,10H2. The normalized spacial score (nSPS) is 12.0. The molecule has 0 aliphatic heterocycles. The Labute approximate surface area is 72.5 Å². The monoisotopic (exact) mass is 194 g/mol. The zero-order chi connectivity index (χ0) is 9.90. The topological polar surface area (TPSA) is 55.9 Å². The summed E-state index contributed by atoms with van der Waals surface area (Å²) in [5, 5.41) is 3.52. The van der Waals surface area contributed by atoms with Crippen molar-refractivity contribution in [1.82, 2.24) is 15.2 Å². The minimum Gasteiger partial charge on any atom is -0.271 e. The molecule has 0 aromatic carbocycles. The summed E-state index contributed by atoms with van der Waals surface area (Å²) < 4.78 is 36.6. The van der Waals surface area contributed by atoms with E-state index in [9.17, 15) is 13.2 Å². The highest BCUT2D eigenvalue weighted by atomic mass is 19.4. The lowest BCUT2D eigenvalue weighted by Crippen LogP contribution is -2.26. The Morgan fingerprint density at radius 3 is 2.77 bits per heavy atom. The van der Waals surface area contributed by atoms with Crippen LogP contribution in [-0.2, 0) is 13.1 Å². The molecule has 0 amide bonds. The summed E-state index contributed by atoms with van der Waals surface area (Å²) in [4.78, 5) is 0. The van der Waals surface area contributed by atoms with Gasteiger partial charge in [0.25, 0.3) is 0 Å². The third kappa shape index (κ3) is 3.03. The molecule has 0 saturated carbocycles. The van der Waals surface area contributed by atoms with Crippen molar-refractivity contribution in [2.24, 2.45) is 5.84 Å². The molecule has 13 heavy (non-hydrogen) atoms. The second-order valence-corrected chi connectivity index (χ2v) is 2.48. The first-order chi connectivity index (χ1) is 6.03. The molecule has 74 valence electrons. The summed E-state index contributed by atoms with van der Waals surface area (Å²) in [5.41, 5.74) is 2.67. The van der Waals surface area contributed by atoms with Crippen LogP contribution < -0.4 is 11.3 Å². The second kappa shape index (κ2) is 3.75. The van der Waals surface area contributed by atoms with Crippen molar-refractivity contribution in [3.63, 3.8) is 0 Å². The summed E-state index contributed by atoms with van der Waals surface area (Å²) in [7, 11) is 0. The first-order valence-electron chi connectivity index (χ1n) is 3.54. The number of hydrogen-bond acceptors (Lipinski definition) is 3. The largest absolute Gasteiger partial charge is 0.408 e. The number of hydrazine groups is 1. The van der Waals surface area contributed by atoms with Gasteiger partial charge in [-0.15, -0.1) is 0 Å². The predicted molar refractivity (Wildman–Crippen MR) is 39.3 cm³/mol. The maximum absolute atomic E-state index is 11.9. The van der Waals surface area contributed by atoms with E-state index in [-0.39, 0.29) is 6.54 Å². The molecule has 4 nitrogen and oxygen atoms in total. The van der Waals surface area contributed by atoms with Crippen molar-refractivity contribution in [2.75, 3.05) is 0 Å². The maximum atomic E-state index is 11.9. The number of nitrogens with zero attached hydrogens (tertiary/aromatic N) is 2. The number of aromatic nitrogens is 2. The quantitative estimate of drug-likeness (QED) is 0.541. The summed E-state index contributed by atoms with van der Waals surface area (Å²) in [6.07, 6.45) is -2.95. The van der Waals surface area contributed by atoms with E-state index in [0.29, 0.717) is 5.69 Å². The molecule has 0 fully saturated rings. The number of alkyl halides is 3. The number of rotatable bonds is 3. The molecule has 3 N–H and O–H groups in total. The van der Waals surface area contributed by atoms with Crippen LogP contribution >= 0.6 is 0 Å². The molecule has 0 atom stereocenters. The lowest BCUT2D eigenvalue weighted by atomic mass is 10.4. The van der Waals surface area contributed by atoms with Crippen LogP contribution in [0.5, 0.6) is 0 Å². The summed E-state index contributed by atoms with van der Waals surface area (Å²) in [5.74, 6) is 4.98. The molecule has 1 aromatic rings. The van der Waals surface area contributed by atoms with Crippen LogP contribution in [0.25, 0.3) is 0 Å². The van der Waals surface area contributed by atoms with Crippen LogP contribution in [0.4, 0.5) is 13.2 Å². The fraction of sp³-hybridized carbons (Fsp3) is 0.500. The van der Waals surface area contributed by atoms with E-state index in [1.54, 1.807) is 0 Å². The molecule has 1 rings (SSSR count). The van der Waals surface area contributed by atoms with E-state index in [0.717, 1.165) is 4.68 Å². The Morgan fingerprint density at radius 1 is 1.54 bits per heavy atom. The van der Waals surface area contributed by atoms with Gasteiger partial charge in [0.15, 0.2) is 0 Å². The third-order valence-electron chi connectivity index (χ3n) is 1.42. The Kier molecular flexibility index (Phi) is 2.89. The van der Waals surface area contributed by atoms with Crippen LogP contribution in [0.15, 0.2) is 12.3 Å². The van der Waals surface area contributed by atoms with Gasteiger partial charge >= 0.3 is 6.18 Å². The van der Waals surface area contributed by atoms with Crippen molar-refractivity contribution in [1.29, 1.82) is 0 Å². The summed E-state index contributed by atoms with van der Waals surface area (Å²) in [6.45, 7) is -0.924. The highest BCUT2D eigenvalue weighted by Gasteiger charge is 2.29. The lowest BCUT2D eigenvalue weighted by Gasteiger charge is -2.09. The molecule has 0 aliphatic rings. The molecule has 1 heterocycles. The minimum atomic E-state index is -4.25. The van der Waals surface area contributed by atoms with Gasteiger partial charge in [-0.2, -0.15) is 18.3 Å². The van der Waals surface area contributed by atoms with E-state index < -0.39 is 12.7 Å². The minimum absolute atomic E-state index is 0.163. The maximum Gasteiger partial charge on any atom is 0.408 e. The highest BCUT2D eigenvalue weighted by molar-refractivity contribution is 4.99. The van der Waals surface area contributed by atoms with E-state index in [1.807, 2.05) is 0 Å². The summed E-state index contributed by atoms with van der Waals surface area (Å²) in [6, 6.07) is 1.48. The van der Waals surface area contributed by atoms with Gasteiger partial charge in [0, 0.05) is 6.20 Å². The van der Waals surface area contributed by atoms with E-state index in [4.69, 9.17) is 5.84 Å². The Balaban J connectivity index is 2.70. The second-order valence-electron chi connectivity index (χ2n) is 2.48. The molecule has 0 aliphatic carbocycles. The first kappa shape index (κ1) is 10.0. The van der Waals surface area contributed by atoms with Gasteiger partial charge < -0.3 is 0 Å². The zero-order valence-electron chi connectivity index (χ0n) is 6.67. The predicted octanol–water partition coefficient (Wildman–Crippen LogP) is 0.409. The van der Waals surface area contributed by atoms with Crippen molar-refractivity contribution in [3.05, 3.63) is 18.0 Å². The van der Waals surface area contributed by atoms with Gasteiger partial charge in [-0.1, -0.05) is 0 Å². The van der Waals surface area contributed by atoms with Crippen molar-refractivity contribution >= 4 is 0 Å². The van der Waals surface area contributed by atoms with E-state index in [1.165, 1.54) is 12.3 Å². The zero-order valence-corrected chi connectivity index (χ0v) is 6.67. The van der Waals surface area contributed by atoms with Crippen LogP contribution in [0.2, 0.25) is 0 Å². The van der Waals surface area contributed by atoms with Gasteiger partial charge in [0.05, 0.1) is 12.2 Å². The summed E-state index contributed by atoms with van der Waals surface area (Å²) >= 11 is 0. The van der Waals surface area contributed by atoms with Gasteiger partial charge in [-0.05, 0) is 6.07 Å². The SMILES string of the molecule is NNCc1ccnn1CC(F)(F)F. The van der Waals surface area contributed by atoms with Gasteiger partial charge in [-0.3, -0.25) is 16.0 Å². The van der Waals surface area contributed by atoms with Gasteiger partial charge in [0.2, 0.25) is 0 Å². The number of halogens is 3. The number of nitrogens with one attached hydrogen (secondary N) is 1. The van der Waals surface area contributed by atoms with E-state index >= 15 is 0 Å². The lowest BCUT2D eigenvalue weighted by molar-refractivity contribution is -0.143. The Hall–Kier alpha value is -1.08. The molecule has 0 bridgehead atoms. The fourth-order valence-electron chi connectivity index (χ4n) is 0.927. The van der Waals surface area contributed by atoms with Crippen molar-refractivity contribution in [2.45, 2.75) is 19.3 Å². The van der Waals surface area contributed by atoms with E-state index in [2.05, 4.69) is 10.5 Å². The highest BCUT2D eigenvalue weighted by Crippen LogP contribution is 2.17. The molecule has 7 heteroatoms. The molecular weight excluding hydrogens is 185 g/mol. The van der Waals surface area contributed by atoms with Gasteiger partial charge in [-0.25, -0.2) is 0 Å². The smallest absolute Gasteiger partial charge is 0.271 e. The number of nitrogens with two attached hydrogens (primary N) is 1. The first-order valence-corrected chi connectivity index (χ1v) is 3.54. The molecular formula is C6H9F3N4. The molecule has 1 aromatic heterocycles. The van der Waals surface area contributed by atoms with Crippen LogP contribution in [0, 0.1) is 0 Å². The van der Waals surface area contributed by atoms with Crippen LogP contribution in [0.1, 0.15) is 5.69 Å². The van der Waals surface area contributed by atoms with Crippen molar-refractivity contribution < 1.29 is 13.2 Å². The molecule has 0 radical (unpaired) electrons. The average molecular weight is 194 g/mol.